The average Bonchev–Trinajstić information content (AvgIpc) is 3.01. The SMILES string of the molecule is COCCN1C(=O)C(=O)/C(=C(/O)c2cc(OC)c(Cl)cc2OC)C1c1cccc(O)c1. The molecule has 0 bridgehead atoms. The van der Waals surface area contributed by atoms with Crippen molar-refractivity contribution >= 4 is 29.1 Å². The molecular weight excluding hydrogens is 426 g/mol. The number of carbonyl (C=O) groups excluding carboxylic acids is 2. The Labute approximate surface area is 184 Å². The van der Waals surface area contributed by atoms with Gasteiger partial charge in [-0.2, -0.15) is 0 Å². The second kappa shape index (κ2) is 9.28. The number of likely N-dealkylation sites (tertiary alicyclic amines) is 1. The molecule has 0 aliphatic carbocycles. The van der Waals surface area contributed by atoms with Crippen LogP contribution >= 0.6 is 11.6 Å². The van der Waals surface area contributed by atoms with Crippen molar-refractivity contribution in [3.63, 3.8) is 0 Å². The van der Waals surface area contributed by atoms with Crippen molar-refractivity contribution in [3.05, 3.63) is 58.1 Å². The predicted octanol–water partition coefficient (Wildman–Crippen LogP) is 3.13. The molecule has 1 saturated heterocycles. The smallest absolute Gasteiger partial charge is 0.295 e. The molecule has 1 aliphatic rings. The number of ketones is 1. The maximum Gasteiger partial charge on any atom is 0.295 e. The number of Topliss-reactive ketones (excluding diaryl/α,β-unsaturated/α-hetero) is 1. The van der Waals surface area contributed by atoms with Crippen molar-refractivity contribution in [2.45, 2.75) is 6.04 Å². The zero-order chi connectivity index (χ0) is 22.7. The molecule has 2 N–H and O–H groups in total. The van der Waals surface area contributed by atoms with Crippen LogP contribution in [-0.4, -0.2) is 61.3 Å². The third-order valence-electron chi connectivity index (χ3n) is 4.99. The van der Waals surface area contributed by atoms with Crippen LogP contribution in [0.5, 0.6) is 17.2 Å². The van der Waals surface area contributed by atoms with E-state index in [0.717, 1.165) is 0 Å². The van der Waals surface area contributed by atoms with E-state index in [1.54, 1.807) is 12.1 Å². The van der Waals surface area contributed by atoms with Crippen molar-refractivity contribution < 1.29 is 34.0 Å². The van der Waals surface area contributed by atoms with E-state index >= 15 is 0 Å². The summed E-state index contributed by atoms with van der Waals surface area (Å²) in [7, 11) is 4.28. The van der Waals surface area contributed by atoms with E-state index in [4.69, 9.17) is 25.8 Å². The zero-order valence-corrected chi connectivity index (χ0v) is 18.0. The number of aliphatic hydroxyl groups excluding tert-OH is 1. The Hall–Kier alpha value is -3.23. The maximum absolute atomic E-state index is 13.0. The number of benzene rings is 2. The summed E-state index contributed by atoms with van der Waals surface area (Å²) in [6.07, 6.45) is 0. The molecule has 9 heteroatoms. The third-order valence-corrected chi connectivity index (χ3v) is 5.29. The van der Waals surface area contributed by atoms with E-state index in [1.807, 2.05) is 0 Å². The van der Waals surface area contributed by atoms with Gasteiger partial charge in [-0.1, -0.05) is 23.7 Å². The highest BCUT2D eigenvalue weighted by Crippen LogP contribution is 2.43. The highest BCUT2D eigenvalue weighted by Gasteiger charge is 2.46. The lowest BCUT2D eigenvalue weighted by Crippen LogP contribution is -2.32. The van der Waals surface area contributed by atoms with Crippen LogP contribution in [0.4, 0.5) is 0 Å². The molecule has 1 atom stereocenters. The van der Waals surface area contributed by atoms with Crippen molar-refractivity contribution in [1.29, 1.82) is 0 Å². The lowest BCUT2D eigenvalue weighted by atomic mass is 9.94. The third kappa shape index (κ3) is 4.17. The average molecular weight is 448 g/mol. The van der Waals surface area contributed by atoms with Gasteiger partial charge in [-0.05, 0) is 23.8 Å². The highest BCUT2D eigenvalue weighted by atomic mass is 35.5. The van der Waals surface area contributed by atoms with E-state index in [-0.39, 0.29) is 46.6 Å². The molecule has 3 rings (SSSR count). The Morgan fingerprint density at radius 1 is 1.10 bits per heavy atom. The number of amides is 1. The van der Waals surface area contributed by atoms with E-state index in [1.165, 1.54) is 50.5 Å². The number of phenols is 1. The van der Waals surface area contributed by atoms with Crippen molar-refractivity contribution in [1.82, 2.24) is 4.90 Å². The predicted molar refractivity (Wildman–Crippen MR) is 114 cm³/mol. The highest BCUT2D eigenvalue weighted by molar-refractivity contribution is 6.46. The van der Waals surface area contributed by atoms with Gasteiger partial charge in [0.1, 0.15) is 23.0 Å². The number of phenolic OH excluding ortho intramolecular Hbond substituents is 1. The van der Waals surface area contributed by atoms with Crippen molar-refractivity contribution in [2.75, 3.05) is 34.5 Å². The van der Waals surface area contributed by atoms with Crippen molar-refractivity contribution in [2.24, 2.45) is 0 Å². The summed E-state index contributed by atoms with van der Waals surface area (Å²) < 4.78 is 15.6. The molecule has 2 aromatic rings. The lowest BCUT2D eigenvalue weighted by Gasteiger charge is -2.25. The molecule has 0 radical (unpaired) electrons. The quantitative estimate of drug-likeness (QED) is 0.381. The standard InChI is InChI=1S/C22H22ClNO7/c1-29-8-7-24-19(12-5-4-6-13(25)9-12)18(21(27)22(24)28)20(26)14-10-17(31-3)15(23)11-16(14)30-2/h4-6,9-11,19,25-26H,7-8H2,1-3H3/b20-18+. The monoisotopic (exact) mass is 447 g/mol. The van der Waals surface area contributed by atoms with Gasteiger partial charge in [0.25, 0.3) is 11.7 Å². The largest absolute Gasteiger partial charge is 0.508 e. The zero-order valence-electron chi connectivity index (χ0n) is 17.2. The summed E-state index contributed by atoms with van der Waals surface area (Å²) in [6, 6.07) is 8.09. The van der Waals surface area contributed by atoms with Gasteiger partial charge in [0.2, 0.25) is 0 Å². The van der Waals surface area contributed by atoms with Crippen LogP contribution in [0.25, 0.3) is 5.76 Å². The van der Waals surface area contributed by atoms with Gasteiger partial charge in [-0.3, -0.25) is 9.59 Å². The fourth-order valence-corrected chi connectivity index (χ4v) is 3.76. The molecular formula is C22H22ClNO7. The van der Waals surface area contributed by atoms with Crippen LogP contribution in [0, 0.1) is 0 Å². The van der Waals surface area contributed by atoms with Crippen LogP contribution < -0.4 is 9.47 Å². The summed E-state index contributed by atoms with van der Waals surface area (Å²) in [5, 5.41) is 21.4. The van der Waals surface area contributed by atoms with Gasteiger partial charge in [0.05, 0.1) is 43.0 Å². The first kappa shape index (κ1) is 22.5. The molecule has 1 aliphatic heterocycles. The number of hydrogen-bond donors (Lipinski definition) is 2. The summed E-state index contributed by atoms with van der Waals surface area (Å²) in [6.45, 7) is 0.291. The molecule has 8 nitrogen and oxygen atoms in total. The number of carbonyl (C=O) groups is 2. The molecule has 31 heavy (non-hydrogen) atoms. The Morgan fingerprint density at radius 2 is 1.81 bits per heavy atom. The van der Waals surface area contributed by atoms with Gasteiger partial charge < -0.3 is 29.3 Å². The van der Waals surface area contributed by atoms with E-state index in [2.05, 4.69) is 0 Å². The van der Waals surface area contributed by atoms with E-state index < -0.39 is 23.5 Å². The van der Waals surface area contributed by atoms with Crippen LogP contribution in [0.15, 0.2) is 42.0 Å². The first-order valence-electron chi connectivity index (χ1n) is 9.32. The molecule has 1 heterocycles. The Bertz CT molecular complexity index is 1050. The number of aromatic hydroxyl groups is 1. The summed E-state index contributed by atoms with van der Waals surface area (Å²) in [5.41, 5.74) is 0.449. The van der Waals surface area contributed by atoms with Crippen LogP contribution in [-0.2, 0) is 14.3 Å². The summed E-state index contributed by atoms with van der Waals surface area (Å²) in [5.74, 6) is -1.68. The molecule has 1 fully saturated rings. The Kier molecular flexibility index (Phi) is 6.72. The number of hydrogen-bond acceptors (Lipinski definition) is 7. The fourth-order valence-electron chi connectivity index (χ4n) is 3.53. The maximum atomic E-state index is 13.0. The Morgan fingerprint density at radius 3 is 2.42 bits per heavy atom. The van der Waals surface area contributed by atoms with Crippen molar-refractivity contribution in [3.8, 4) is 17.2 Å². The van der Waals surface area contributed by atoms with Gasteiger partial charge >= 0.3 is 0 Å². The number of halogens is 1. The number of rotatable bonds is 7. The first-order chi connectivity index (χ1) is 14.8. The first-order valence-corrected chi connectivity index (χ1v) is 9.70. The lowest BCUT2D eigenvalue weighted by molar-refractivity contribution is -0.140. The van der Waals surface area contributed by atoms with Crippen LogP contribution in [0.1, 0.15) is 17.2 Å². The molecule has 0 spiro atoms. The van der Waals surface area contributed by atoms with Crippen LogP contribution in [0.3, 0.4) is 0 Å². The Balaban J connectivity index is 2.26. The minimum atomic E-state index is -0.936. The topological polar surface area (TPSA) is 106 Å². The number of aliphatic hydroxyl groups is 1. The second-order valence-corrected chi connectivity index (χ2v) is 7.17. The minimum Gasteiger partial charge on any atom is -0.508 e. The molecule has 164 valence electrons. The van der Waals surface area contributed by atoms with Crippen LogP contribution in [0.2, 0.25) is 5.02 Å². The molecule has 1 amide bonds. The molecule has 2 aromatic carbocycles. The molecule has 0 aromatic heterocycles. The second-order valence-electron chi connectivity index (χ2n) is 6.77. The number of nitrogens with zero attached hydrogens (tertiary/aromatic N) is 1. The van der Waals surface area contributed by atoms with Gasteiger partial charge in [0, 0.05) is 19.7 Å². The van der Waals surface area contributed by atoms with Gasteiger partial charge in [-0.25, -0.2) is 0 Å². The normalized spacial score (nSPS) is 17.8. The van der Waals surface area contributed by atoms with E-state index in [9.17, 15) is 19.8 Å². The fraction of sp³-hybridized carbons (Fsp3) is 0.273. The number of ether oxygens (including phenoxy) is 3. The molecule has 1 unspecified atom stereocenters. The van der Waals surface area contributed by atoms with Gasteiger partial charge in [0.15, 0.2) is 0 Å². The minimum absolute atomic E-state index is 0.0411. The molecule has 0 saturated carbocycles. The van der Waals surface area contributed by atoms with Gasteiger partial charge in [-0.15, -0.1) is 0 Å². The summed E-state index contributed by atoms with van der Waals surface area (Å²) >= 11 is 6.15. The van der Waals surface area contributed by atoms with E-state index in [0.29, 0.717) is 5.56 Å². The summed E-state index contributed by atoms with van der Waals surface area (Å²) in [4.78, 5) is 27.1. The number of methoxy groups -OCH3 is 3.